The molecule has 5 nitrogen and oxygen atoms in total. The molecule has 4 rings (SSSR count). The third kappa shape index (κ3) is 4.45. The first-order valence-corrected chi connectivity index (χ1v) is 10.7. The number of nitrogen functional groups attached to an aromatic ring is 1. The molecule has 0 heterocycles. The van der Waals surface area contributed by atoms with Crippen LogP contribution in [0.15, 0.2) is 72.8 Å². The molecule has 0 aromatic heterocycles. The SMILES string of the molecule is CCN(C(=O)Cc1ccccc1)C1CCc2cc(C(=O)Nc3ccccc3N)ccc21. The largest absolute Gasteiger partial charge is 0.397 e. The number of nitrogens with zero attached hydrogens (tertiary/aromatic N) is 1. The molecule has 1 aliphatic rings. The van der Waals surface area contributed by atoms with Gasteiger partial charge in [0.15, 0.2) is 0 Å². The van der Waals surface area contributed by atoms with Crippen molar-refractivity contribution in [3.05, 3.63) is 95.1 Å². The molecule has 0 radical (unpaired) electrons. The first-order chi connectivity index (χ1) is 15.1. The summed E-state index contributed by atoms with van der Waals surface area (Å²) in [4.78, 5) is 27.7. The fourth-order valence-electron chi connectivity index (χ4n) is 4.31. The van der Waals surface area contributed by atoms with Gasteiger partial charge in [-0.1, -0.05) is 48.5 Å². The fraction of sp³-hybridized carbons (Fsp3) is 0.231. The lowest BCUT2D eigenvalue weighted by molar-refractivity contribution is -0.132. The van der Waals surface area contributed by atoms with Gasteiger partial charge in [-0.2, -0.15) is 0 Å². The molecule has 0 bridgehead atoms. The molecule has 0 fully saturated rings. The summed E-state index contributed by atoms with van der Waals surface area (Å²) in [5, 5.41) is 2.88. The maximum Gasteiger partial charge on any atom is 0.255 e. The predicted octanol–water partition coefficient (Wildman–Crippen LogP) is 4.60. The van der Waals surface area contributed by atoms with Gasteiger partial charge in [-0.15, -0.1) is 0 Å². The standard InChI is InChI=1S/C26H27N3O2/c1-2-29(25(30)16-18-8-4-3-5-9-18)24-15-13-19-17-20(12-14-21(19)24)26(31)28-23-11-7-6-10-22(23)27/h3-12,14,17,24H,2,13,15-16,27H2,1H3,(H,28,31). The Bertz CT molecular complexity index is 1090. The lowest BCUT2D eigenvalue weighted by Gasteiger charge is -2.29. The predicted molar refractivity (Wildman–Crippen MR) is 124 cm³/mol. The van der Waals surface area contributed by atoms with Crippen LogP contribution in [0.4, 0.5) is 11.4 Å². The van der Waals surface area contributed by atoms with Crippen LogP contribution < -0.4 is 11.1 Å². The monoisotopic (exact) mass is 413 g/mol. The van der Waals surface area contributed by atoms with E-state index in [9.17, 15) is 9.59 Å². The molecule has 5 heteroatoms. The van der Waals surface area contributed by atoms with Crippen molar-refractivity contribution in [2.75, 3.05) is 17.6 Å². The number of nitrogens with two attached hydrogens (primary N) is 1. The van der Waals surface area contributed by atoms with Crippen LogP contribution in [-0.2, 0) is 17.6 Å². The number of hydrogen-bond acceptors (Lipinski definition) is 3. The number of carbonyl (C=O) groups is 2. The van der Waals surface area contributed by atoms with Crippen molar-refractivity contribution in [3.63, 3.8) is 0 Å². The minimum absolute atomic E-state index is 0.0538. The fourth-order valence-corrected chi connectivity index (χ4v) is 4.31. The van der Waals surface area contributed by atoms with Crippen molar-refractivity contribution in [3.8, 4) is 0 Å². The maximum atomic E-state index is 13.0. The van der Waals surface area contributed by atoms with Crippen molar-refractivity contribution in [1.29, 1.82) is 0 Å². The van der Waals surface area contributed by atoms with E-state index in [1.165, 1.54) is 0 Å². The summed E-state index contributed by atoms with van der Waals surface area (Å²) >= 11 is 0. The number of nitrogens with one attached hydrogen (secondary N) is 1. The van der Waals surface area contributed by atoms with Gasteiger partial charge in [0, 0.05) is 12.1 Å². The van der Waals surface area contributed by atoms with Crippen LogP contribution >= 0.6 is 0 Å². The number of likely N-dealkylation sites (N-methyl/N-ethyl adjacent to an activating group) is 1. The highest BCUT2D eigenvalue weighted by molar-refractivity contribution is 6.05. The Morgan fingerprint density at radius 3 is 2.52 bits per heavy atom. The molecule has 2 amide bonds. The van der Waals surface area contributed by atoms with E-state index >= 15 is 0 Å². The summed E-state index contributed by atoms with van der Waals surface area (Å²) < 4.78 is 0. The number of carbonyl (C=O) groups excluding carboxylic acids is 2. The van der Waals surface area contributed by atoms with E-state index in [1.54, 1.807) is 12.1 Å². The molecule has 1 aliphatic carbocycles. The molecular weight excluding hydrogens is 386 g/mol. The Hall–Kier alpha value is -3.60. The van der Waals surface area contributed by atoms with Gasteiger partial charge in [0.1, 0.15) is 0 Å². The van der Waals surface area contributed by atoms with Gasteiger partial charge in [-0.25, -0.2) is 0 Å². The number of fused-ring (bicyclic) bond motifs is 1. The molecule has 158 valence electrons. The molecule has 1 unspecified atom stereocenters. The topological polar surface area (TPSA) is 75.4 Å². The van der Waals surface area contributed by atoms with E-state index in [2.05, 4.69) is 5.32 Å². The molecule has 0 saturated heterocycles. The summed E-state index contributed by atoms with van der Waals surface area (Å²) in [7, 11) is 0. The minimum atomic E-state index is -0.184. The molecule has 0 aliphatic heterocycles. The first-order valence-electron chi connectivity index (χ1n) is 10.7. The van der Waals surface area contributed by atoms with Crippen molar-refractivity contribution in [2.45, 2.75) is 32.2 Å². The van der Waals surface area contributed by atoms with Crippen LogP contribution in [0, 0.1) is 0 Å². The van der Waals surface area contributed by atoms with Crippen LogP contribution in [0.25, 0.3) is 0 Å². The van der Waals surface area contributed by atoms with Crippen LogP contribution in [0.1, 0.15) is 46.4 Å². The third-order valence-electron chi connectivity index (χ3n) is 5.90. The van der Waals surface area contributed by atoms with Crippen LogP contribution in [0.5, 0.6) is 0 Å². The molecule has 0 spiro atoms. The first kappa shape index (κ1) is 20.7. The number of aryl methyl sites for hydroxylation is 1. The average Bonchev–Trinajstić information content (AvgIpc) is 3.19. The van der Waals surface area contributed by atoms with Gasteiger partial charge < -0.3 is 16.0 Å². The van der Waals surface area contributed by atoms with E-state index in [0.29, 0.717) is 29.9 Å². The molecular formula is C26H27N3O2. The van der Waals surface area contributed by atoms with Gasteiger partial charge in [0.2, 0.25) is 5.91 Å². The molecule has 3 aromatic carbocycles. The van der Waals surface area contributed by atoms with Gasteiger partial charge in [0.05, 0.1) is 23.8 Å². The number of amides is 2. The van der Waals surface area contributed by atoms with E-state index in [0.717, 1.165) is 29.5 Å². The van der Waals surface area contributed by atoms with Gasteiger partial charge in [0.25, 0.3) is 5.91 Å². The summed E-state index contributed by atoms with van der Waals surface area (Å²) in [6.07, 6.45) is 2.13. The van der Waals surface area contributed by atoms with Crippen LogP contribution in [0.2, 0.25) is 0 Å². The number of rotatable bonds is 6. The third-order valence-corrected chi connectivity index (χ3v) is 5.90. The number of anilines is 2. The van der Waals surface area contributed by atoms with E-state index in [1.807, 2.05) is 72.5 Å². The minimum Gasteiger partial charge on any atom is -0.397 e. The van der Waals surface area contributed by atoms with E-state index in [4.69, 9.17) is 5.73 Å². The van der Waals surface area contributed by atoms with Gasteiger partial charge in [-0.05, 0) is 60.7 Å². The van der Waals surface area contributed by atoms with E-state index < -0.39 is 0 Å². The average molecular weight is 414 g/mol. The highest BCUT2D eigenvalue weighted by Crippen LogP contribution is 2.36. The number of benzene rings is 3. The Morgan fingerprint density at radius 1 is 1.03 bits per heavy atom. The molecule has 0 saturated carbocycles. The maximum absolute atomic E-state index is 13.0. The highest BCUT2D eigenvalue weighted by atomic mass is 16.2. The summed E-state index contributed by atoms with van der Waals surface area (Å²) in [5.74, 6) is -0.0513. The van der Waals surface area contributed by atoms with Gasteiger partial charge >= 0.3 is 0 Å². The second-order valence-corrected chi connectivity index (χ2v) is 7.85. The zero-order valence-electron chi connectivity index (χ0n) is 17.7. The van der Waals surface area contributed by atoms with Crippen molar-refractivity contribution in [2.24, 2.45) is 0 Å². The normalized spacial score (nSPS) is 14.7. The Morgan fingerprint density at radius 2 is 1.77 bits per heavy atom. The Kier molecular flexibility index (Phi) is 6.03. The lowest BCUT2D eigenvalue weighted by atomic mass is 10.0. The second-order valence-electron chi connectivity index (χ2n) is 7.85. The zero-order valence-corrected chi connectivity index (χ0v) is 17.7. The lowest BCUT2D eigenvalue weighted by Crippen LogP contribution is -2.35. The second kappa shape index (κ2) is 9.04. The zero-order chi connectivity index (χ0) is 21.8. The molecule has 3 aromatic rings. The Balaban J connectivity index is 1.50. The molecule has 31 heavy (non-hydrogen) atoms. The molecule has 3 N–H and O–H groups in total. The number of hydrogen-bond donors (Lipinski definition) is 2. The van der Waals surface area contributed by atoms with Gasteiger partial charge in [-0.3, -0.25) is 9.59 Å². The summed E-state index contributed by atoms with van der Waals surface area (Å²) in [6.45, 7) is 2.68. The van der Waals surface area contributed by atoms with Crippen molar-refractivity contribution < 1.29 is 9.59 Å². The van der Waals surface area contributed by atoms with Crippen molar-refractivity contribution >= 4 is 23.2 Å². The summed E-state index contributed by atoms with van der Waals surface area (Å²) in [6, 6.07) is 22.9. The van der Waals surface area contributed by atoms with Crippen LogP contribution in [0.3, 0.4) is 0 Å². The van der Waals surface area contributed by atoms with Crippen molar-refractivity contribution in [1.82, 2.24) is 4.90 Å². The smallest absolute Gasteiger partial charge is 0.255 e. The number of para-hydroxylation sites is 2. The van der Waals surface area contributed by atoms with E-state index in [-0.39, 0.29) is 17.9 Å². The van der Waals surface area contributed by atoms with Crippen LogP contribution in [-0.4, -0.2) is 23.3 Å². The Labute approximate surface area is 182 Å². The quantitative estimate of drug-likeness (QED) is 0.580. The highest BCUT2D eigenvalue weighted by Gasteiger charge is 2.30. The molecule has 1 atom stereocenters. The summed E-state index contributed by atoms with van der Waals surface area (Å²) in [5.41, 5.74) is 11.0.